The quantitative estimate of drug-likeness (QED) is 0.173. The van der Waals surface area contributed by atoms with Crippen molar-refractivity contribution in [2.24, 2.45) is 5.92 Å². The predicted octanol–water partition coefficient (Wildman–Crippen LogP) is 7.82. The molecule has 0 spiro atoms. The van der Waals surface area contributed by atoms with E-state index in [2.05, 4.69) is 0 Å². The van der Waals surface area contributed by atoms with Crippen LogP contribution in [0.5, 0.6) is 11.5 Å². The van der Waals surface area contributed by atoms with Gasteiger partial charge < -0.3 is 13.8 Å². The zero-order valence-electron chi connectivity index (χ0n) is 23.1. The zero-order valence-corrected chi connectivity index (χ0v) is 23.9. The van der Waals surface area contributed by atoms with E-state index in [4.69, 9.17) is 8.92 Å². The minimum atomic E-state index is -5.19. The molecular formula is C28H24F9NO5S. The lowest BCUT2D eigenvalue weighted by molar-refractivity contribution is -0.143. The second kappa shape index (κ2) is 12.6. The number of ether oxygens (including phenoxy) is 1. The first kappa shape index (κ1) is 34.5. The summed E-state index contributed by atoms with van der Waals surface area (Å²) in [6, 6.07) is 6.84. The minimum Gasteiger partial charge on any atom is -0.493 e. The van der Waals surface area contributed by atoms with Crippen LogP contribution < -0.4 is 8.92 Å². The number of carbonyl (C=O) groups excluding carboxylic acids is 1. The number of benzene rings is 3. The van der Waals surface area contributed by atoms with Gasteiger partial charge in [-0.3, -0.25) is 4.79 Å². The van der Waals surface area contributed by atoms with Gasteiger partial charge in [0.1, 0.15) is 4.90 Å². The molecule has 0 saturated carbocycles. The summed E-state index contributed by atoms with van der Waals surface area (Å²) in [5.41, 5.74) is -5.39. The number of alkyl halides is 9. The summed E-state index contributed by atoms with van der Waals surface area (Å²) >= 11 is 0. The second-order valence-corrected chi connectivity index (χ2v) is 11.5. The highest BCUT2D eigenvalue weighted by molar-refractivity contribution is 7.87. The average molecular weight is 658 g/mol. The molecule has 0 N–H and O–H groups in total. The molecule has 0 heterocycles. The second-order valence-electron chi connectivity index (χ2n) is 9.92. The van der Waals surface area contributed by atoms with Gasteiger partial charge in [0.05, 0.1) is 23.8 Å². The van der Waals surface area contributed by atoms with Gasteiger partial charge in [-0.05, 0) is 60.0 Å². The zero-order chi connectivity index (χ0) is 33.3. The molecule has 0 saturated heterocycles. The van der Waals surface area contributed by atoms with Crippen molar-refractivity contribution >= 4 is 16.0 Å². The third-order valence-electron chi connectivity index (χ3n) is 5.96. The first-order chi connectivity index (χ1) is 20.1. The Bertz CT molecular complexity index is 1580. The fraction of sp³-hybridized carbons (Fsp3) is 0.321. The van der Waals surface area contributed by atoms with Crippen molar-refractivity contribution in [1.82, 2.24) is 4.90 Å². The third kappa shape index (κ3) is 8.57. The van der Waals surface area contributed by atoms with Gasteiger partial charge >= 0.3 is 28.6 Å². The maximum atomic E-state index is 13.4. The van der Waals surface area contributed by atoms with Crippen LogP contribution in [0.4, 0.5) is 39.5 Å². The van der Waals surface area contributed by atoms with Gasteiger partial charge in [-0.25, -0.2) is 0 Å². The van der Waals surface area contributed by atoms with E-state index in [9.17, 15) is 52.7 Å². The van der Waals surface area contributed by atoms with Crippen molar-refractivity contribution in [3.63, 3.8) is 0 Å². The van der Waals surface area contributed by atoms with E-state index in [1.54, 1.807) is 13.8 Å². The molecule has 0 aliphatic rings. The first-order valence-electron chi connectivity index (χ1n) is 12.5. The van der Waals surface area contributed by atoms with Crippen LogP contribution in [0.1, 0.15) is 46.5 Å². The highest BCUT2D eigenvalue weighted by atomic mass is 32.2. The van der Waals surface area contributed by atoms with E-state index < -0.39 is 74.0 Å². The Morgan fingerprint density at radius 3 is 1.84 bits per heavy atom. The minimum absolute atomic E-state index is 0.108. The van der Waals surface area contributed by atoms with Crippen LogP contribution in [-0.2, 0) is 35.2 Å². The smallest absolute Gasteiger partial charge is 0.416 e. The summed E-state index contributed by atoms with van der Waals surface area (Å²) in [5.74, 6) is -2.18. The molecule has 240 valence electrons. The SMILES string of the molecule is COc1ccc(CN(CC(C)C)C(=O)c2cc(C(F)(F)F)cc(C(F)(F)F)c2)cc1OS(=O)(=O)c1cccc(C(F)(F)F)c1. The lowest BCUT2D eigenvalue weighted by Gasteiger charge is -2.26. The Morgan fingerprint density at radius 1 is 0.773 bits per heavy atom. The molecule has 0 atom stereocenters. The Balaban J connectivity index is 2.01. The maximum Gasteiger partial charge on any atom is 0.416 e. The van der Waals surface area contributed by atoms with Gasteiger partial charge in [0.25, 0.3) is 5.91 Å². The van der Waals surface area contributed by atoms with Crippen molar-refractivity contribution < 1.29 is 61.6 Å². The normalized spacial score (nSPS) is 12.8. The third-order valence-corrected chi connectivity index (χ3v) is 7.19. The molecule has 0 aliphatic heterocycles. The van der Waals surface area contributed by atoms with Crippen molar-refractivity contribution in [3.8, 4) is 11.5 Å². The number of nitrogens with zero attached hydrogens (tertiary/aromatic N) is 1. The largest absolute Gasteiger partial charge is 0.493 e. The van der Waals surface area contributed by atoms with Crippen LogP contribution in [0, 0.1) is 5.92 Å². The Hall–Kier alpha value is -3.95. The highest BCUT2D eigenvalue weighted by Crippen LogP contribution is 2.37. The monoisotopic (exact) mass is 657 g/mol. The summed E-state index contributed by atoms with van der Waals surface area (Å²) < 4.78 is 156. The van der Waals surface area contributed by atoms with Crippen LogP contribution in [0.3, 0.4) is 0 Å². The van der Waals surface area contributed by atoms with Crippen LogP contribution >= 0.6 is 0 Å². The molecule has 1 amide bonds. The number of halogens is 9. The van der Waals surface area contributed by atoms with Gasteiger partial charge in [0, 0.05) is 18.7 Å². The first-order valence-corrected chi connectivity index (χ1v) is 13.9. The fourth-order valence-electron chi connectivity index (χ4n) is 4.02. The van der Waals surface area contributed by atoms with Crippen LogP contribution in [-0.4, -0.2) is 32.9 Å². The molecule has 3 rings (SSSR count). The van der Waals surface area contributed by atoms with Gasteiger partial charge in [-0.2, -0.15) is 47.9 Å². The van der Waals surface area contributed by atoms with Gasteiger partial charge in [0.15, 0.2) is 11.5 Å². The summed E-state index contributed by atoms with van der Waals surface area (Å²) in [4.78, 5) is 13.5. The highest BCUT2D eigenvalue weighted by Gasteiger charge is 2.38. The standard InChI is InChI=1S/C28H24F9NO5S/c1-16(2)14-38(25(39)18-10-20(27(32,33)34)12-21(11-18)28(35,36)37)15-17-7-8-23(42-3)24(9-17)43-44(40,41)22-6-4-5-19(13-22)26(29,30)31/h4-13,16H,14-15H2,1-3H3. The lowest BCUT2D eigenvalue weighted by atomic mass is 10.0. The molecule has 16 heteroatoms. The molecule has 0 fully saturated rings. The van der Waals surface area contributed by atoms with Crippen molar-refractivity contribution in [2.45, 2.75) is 43.8 Å². The van der Waals surface area contributed by atoms with E-state index in [0.29, 0.717) is 24.3 Å². The maximum absolute atomic E-state index is 13.4. The molecule has 0 radical (unpaired) electrons. The average Bonchev–Trinajstić information content (AvgIpc) is 2.90. The molecule has 0 aromatic heterocycles. The number of hydrogen-bond acceptors (Lipinski definition) is 5. The van der Waals surface area contributed by atoms with E-state index >= 15 is 0 Å². The summed E-state index contributed by atoms with van der Waals surface area (Å²) in [5, 5.41) is 0. The number of methoxy groups -OCH3 is 1. The Kier molecular flexibility index (Phi) is 9.87. The number of rotatable bonds is 9. The van der Waals surface area contributed by atoms with E-state index in [-0.39, 0.29) is 29.8 Å². The topological polar surface area (TPSA) is 72.9 Å². The summed E-state index contributed by atoms with van der Waals surface area (Å²) in [7, 11) is -3.73. The summed E-state index contributed by atoms with van der Waals surface area (Å²) in [6.45, 7) is 2.70. The molecule has 3 aromatic rings. The van der Waals surface area contributed by atoms with Crippen LogP contribution in [0.25, 0.3) is 0 Å². The van der Waals surface area contributed by atoms with Gasteiger partial charge in [-0.1, -0.05) is 26.0 Å². The van der Waals surface area contributed by atoms with Crippen molar-refractivity contribution in [3.05, 3.63) is 88.5 Å². The van der Waals surface area contributed by atoms with Crippen LogP contribution in [0.15, 0.2) is 65.6 Å². The lowest BCUT2D eigenvalue weighted by Crippen LogP contribution is -2.34. The van der Waals surface area contributed by atoms with Gasteiger partial charge in [-0.15, -0.1) is 0 Å². The molecule has 0 unspecified atom stereocenters. The van der Waals surface area contributed by atoms with Crippen molar-refractivity contribution in [2.75, 3.05) is 13.7 Å². The number of hydrogen-bond donors (Lipinski definition) is 0. The predicted molar refractivity (Wildman–Crippen MR) is 138 cm³/mol. The molecule has 3 aromatic carbocycles. The summed E-state index contributed by atoms with van der Waals surface area (Å²) in [6.07, 6.45) is -15.2. The van der Waals surface area contributed by atoms with E-state index in [1.165, 1.54) is 12.1 Å². The molecule has 6 nitrogen and oxygen atoms in total. The number of carbonyl (C=O) groups is 1. The molecule has 0 bridgehead atoms. The van der Waals surface area contributed by atoms with E-state index in [0.717, 1.165) is 30.2 Å². The van der Waals surface area contributed by atoms with E-state index in [1.807, 2.05) is 0 Å². The van der Waals surface area contributed by atoms with Crippen LogP contribution in [0.2, 0.25) is 0 Å². The van der Waals surface area contributed by atoms with Gasteiger partial charge in [0.2, 0.25) is 0 Å². The fourth-order valence-corrected chi connectivity index (χ4v) is 5.00. The van der Waals surface area contributed by atoms with Crippen molar-refractivity contribution in [1.29, 1.82) is 0 Å². The Morgan fingerprint density at radius 2 is 1.34 bits per heavy atom. The molecule has 0 aliphatic carbocycles. The molecule has 44 heavy (non-hydrogen) atoms. The molecular weight excluding hydrogens is 633 g/mol. The number of amides is 1. The Labute approximate surface area is 246 Å².